The molecule has 5 N–H and O–H groups in total. The summed E-state index contributed by atoms with van der Waals surface area (Å²) in [6, 6.07) is 6.65. The van der Waals surface area contributed by atoms with Gasteiger partial charge in [0, 0.05) is 58.3 Å². The zero-order chi connectivity index (χ0) is 29.8. The second-order valence-corrected chi connectivity index (χ2v) is 14.0. The Morgan fingerprint density at radius 1 is 1.10 bits per heavy atom. The van der Waals surface area contributed by atoms with E-state index in [1.54, 1.807) is 52.7 Å². The molecule has 6 fully saturated rings. The van der Waals surface area contributed by atoms with Crippen LogP contribution in [0.2, 0.25) is 0 Å². The predicted octanol–water partition coefficient (Wildman–Crippen LogP) is 0.301. The molecule has 1 heterocycles. The first-order chi connectivity index (χ1) is 20.1. The number of methoxy groups -OCH3 is 4. The largest absolute Gasteiger partial charge is 0.461 e. The number of anilines is 1. The summed E-state index contributed by atoms with van der Waals surface area (Å²) in [5, 5.41) is 26.4. The summed E-state index contributed by atoms with van der Waals surface area (Å²) in [4.78, 5) is 14.6. The van der Waals surface area contributed by atoms with Gasteiger partial charge in [-0.2, -0.15) is 0 Å². The molecular weight excluding hydrogens is 540 g/mol. The van der Waals surface area contributed by atoms with Crippen LogP contribution in [-0.4, -0.2) is 106 Å². The molecule has 42 heavy (non-hydrogen) atoms. The number of carbonyl (C=O) groups excluding carboxylic acids is 1. The van der Waals surface area contributed by atoms with Crippen molar-refractivity contribution in [3.63, 3.8) is 0 Å². The van der Waals surface area contributed by atoms with E-state index in [1.165, 1.54) is 4.90 Å². The van der Waals surface area contributed by atoms with Crippen LogP contribution < -0.4 is 10.6 Å². The summed E-state index contributed by atoms with van der Waals surface area (Å²) in [5.41, 5.74) is 2.79. The minimum Gasteiger partial charge on any atom is -0.461 e. The fraction of sp³-hybridized carbons (Fsp3) is 0.781. The van der Waals surface area contributed by atoms with Crippen LogP contribution in [0.3, 0.4) is 0 Å². The zero-order valence-electron chi connectivity index (χ0n) is 25.4. The van der Waals surface area contributed by atoms with Crippen LogP contribution in [0.1, 0.15) is 43.0 Å². The maximum Gasteiger partial charge on any atom is 0.340 e. The monoisotopic (exact) mass is 587 g/mol. The molecule has 1 saturated heterocycles. The number of nitrogen functional groups attached to an aromatic ring is 1. The second kappa shape index (κ2) is 9.60. The number of esters is 1. The van der Waals surface area contributed by atoms with E-state index in [0.717, 1.165) is 25.8 Å². The number of benzene rings is 1. The van der Waals surface area contributed by atoms with E-state index < -0.39 is 34.1 Å². The van der Waals surface area contributed by atoms with E-state index in [-0.39, 0.29) is 54.6 Å². The third-order valence-corrected chi connectivity index (χ3v) is 13.2. The Balaban J connectivity index is 1.41. The van der Waals surface area contributed by atoms with Gasteiger partial charge in [-0.15, -0.1) is 0 Å². The molecule has 6 aliphatic rings. The number of carbonyl (C=O) groups is 1. The van der Waals surface area contributed by atoms with Gasteiger partial charge in [0.2, 0.25) is 0 Å². The summed E-state index contributed by atoms with van der Waals surface area (Å²) in [6.45, 7) is 3.77. The number of ether oxygens (including phenoxy) is 5. The normalized spacial score (nSPS) is 51.4. The van der Waals surface area contributed by atoms with Gasteiger partial charge in [-0.05, 0) is 44.2 Å². The van der Waals surface area contributed by atoms with Crippen molar-refractivity contribution >= 4 is 11.7 Å². The number of piperidine rings is 1. The number of hydrogen-bond acceptors (Lipinski definition) is 9. The van der Waals surface area contributed by atoms with Crippen LogP contribution in [0.4, 0.5) is 5.69 Å². The molecule has 7 rings (SSSR count). The standard InChI is InChI=1S/C32H46N2O8/c1-6-34-15-29(16-42-27(35)17-9-7-8-10-20(17)33)12-11-22(39-3)31-19-13-18-21(38-2)14-30(36,23(19)24(18)40-4)32(37,28(31)34)26(41-5)25(29)31/h7-10,18-19,21-26,28,36-37H,6,11-16,33H2,1-5H3/p+1. The number of fused-ring (bicyclic) bond motifs is 2. The van der Waals surface area contributed by atoms with E-state index in [0.29, 0.717) is 24.2 Å². The van der Waals surface area contributed by atoms with Crippen LogP contribution in [0.15, 0.2) is 24.3 Å². The van der Waals surface area contributed by atoms with Gasteiger partial charge in [0.25, 0.3) is 0 Å². The highest BCUT2D eigenvalue weighted by atomic mass is 16.5. The summed E-state index contributed by atoms with van der Waals surface area (Å²) in [6.07, 6.45) is 1.34. The van der Waals surface area contributed by atoms with E-state index in [9.17, 15) is 15.0 Å². The number of nitrogens with two attached hydrogens (primary N) is 1. The van der Waals surface area contributed by atoms with Crippen LogP contribution in [0.5, 0.6) is 0 Å². The molecule has 5 saturated carbocycles. The van der Waals surface area contributed by atoms with E-state index >= 15 is 0 Å². The molecule has 1 spiro atoms. The van der Waals surface area contributed by atoms with Crippen molar-refractivity contribution in [3.8, 4) is 0 Å². The van der Waals surface area contributed by atoms with E-state index in [1.807, 2.05) is 0 Å². The van der Waals surface area contributed by atoms with Crippen molar-refractivity contribution in [2.24, 2.45) is 34.5 Å². The van der Waals surface area contributed by atoms with Gasteiger partial charge in [0.05, 0.1) is 53.9 Å². The summed E-state index contributed by atoms with van der Waals surface area (Å²) < 4.78 is 31.2. The van der Waals surface area contributed by atoms with Crippen molar-refractivity contribution < 1.29 is 43.6 Å². The number of aliphatic hydroxyl groups is 2. The molecule has 232 valence electrons. The van der Waals surface area contributed by atoms with Gasteiger partial charge in [-0.1, -0.05) is 12.1 Å². The highest BCUT2D eigenvalue weighted by molar-refractivity contribution is 5.95. The van der Waals surface area contributed by atoms with Crippen LogP contribution in [0, 0.1) is 34.5 Å². The smallest absolute Gasteiger partial charge is 0.340 e. The Kier molecular flexibility index (Phi) is 6.62. The van der Waals surface area contributed by atoms with Crippen LogP contribution >= 0.6 is 0 Å². The van der Waals surface area contributed by atoms with Crippen LogP contribution in [0.25, 0.3) is 0 Å². The first kappa shape index (κ1) is 29.0. The molecule has 7 bridgehead atoms. The average molecular weight is 588 g/mol. The molecule has 1 aromatic rings. The molecule has 0 amide bonds. The van der Waals surface area contributed by atoms with Gasteiger partial charge in [-0.3, -0.25) is 0 Å². The predicted molar refractivity (Wildman–Crippen MR) is 152 cm³/mol. The highest BCUT2D eigenvalue weighted by Gasteiger charge is 2.93. The molecular formula is C32H47N2O8+. The molecule has 0 radical (unpaired) electrons. The zero-order valence-corrected chi connectivity index (χ0v) is 25.4. The number of nitrogens with one attached hydrogen (secondary N) is 1. The summed E-state index contributed by atoms with van der Waals surface area (Å²) in [7, 11) is 6.83. The lowest BCUT2D eigenvalue weighted by atomic mass is 9.42. The molecule has 1 aromatic carbocycles. The second-order valence-electron chi connectivity index (χ2n) is 14.0. The SMILES string of the molecule is CC[NH+]1CC2(COC(=O)c3ccccc3N)CCC(OC)C34C5CC6C(OC)CC(O)(C5C6OC)C(O)(C(OC)C23)C14. The van der Waals surface area contributed by atoms with Crippen molar-refractivity contribution in [1.82, 2.24) is 0 Å². The Labute approximate surface area is 247 Å². The lowest BCUT2D eigenvalue weighted by molar-refractivity contribution is -0.956. The van der Waals surface area contributed by atoms with Crippen molar-refractivity contribution in [2.45, 2.75) is 74.3 Å². The molecule has 10 heteroatoms. The molecule has 1 aliphatic heterocycles. The number of likely N-dealkylation sites (tertiary alicyclic amines) is 1. The van der Waals surface area contributed by atoms with Gasteiger partial charge in [0.1, 0.15) is 18.2 Å². The van der Waals surface area contributed by atoms with Crippen molar-refractivity contribution in [3.05, 3.63) is 29.8 Å². The maximum atomic E-state index is 13.4. The number of hydrogen-bond donors (Lipinski definition) is 4. The Hall–Kier alpha value is -1.79. The maximum absolute atomic E-state index is 13.4. The minimum absolute atomic E-state index is 0.0139. The fourth-order valence-electron chi connectivity index (χ4n) is 12.2. The molecule has 10 nitrogen and oxygen atoms in total. The van der Waals surface area contributed by atoms with Gasteiger partial charge in [0.15, 0.2) is 5.60 Å². The van der Waals surface area contributed by atoms with E-state index in [2.05, 4.69) is 6.92 Å². The van der Waals surface area contributed by atoms with Gasteiger partial charge >= 0.3 is 5.97 Å². The van der Waals surface area contributed by atoms with Crippen LogP contribution in [-0.2, 0) is 23.7 Å². The van der Waals surface area contributed by atoms with Gasteiger partial charge < -0.3 is 44.5 Å². The number of quaternary nitrogens is 1. The lowest BCUT2D eigenvalue weighted by Crippen LogP contribution is -3.23. The third-order valence-electron chi connectivity index (χ3n) is 13.2. The first-order valence-corrected chi connectivity index (χ1v) is 15.6. The van der Waals surface area contributed by atoms with E-state index in [4.69, 9.17) is 29.4 Å². The first-order valence-electron chi connectivity index (χ1n) is 15.6. The average Bonchev–Trinajstić information content (AvgIpc) is 3.41. The minimum atomic E-state index is -1.58. The van der Waals surface area contributed by atoms with Crippen molar-refractivity contribution in [2.75, 3.05) is 53.9 Å². The molecule has 14 atom stereocenters. The number of rotatable bonds is 8. The van der Waals surface area contributed by atoms with Gasteiger partial charge in [-0.25, -0.2) is 4.79 Å². The highest BCUT2D eigenvalue weighted by Crippen LogP contribution is 2.78. The third kappa shape index (κ3) is 3.12. The molecule has 0 aromatic heterocycles. The van der Waals surface area contributed by atoms with Crippen molar-refractivity contribution in [1.29, 1.82) is 0 Å². The summed E-state index contributed by atoms with van der Waals surface area (Å²) >= 11 is 0. The quantitative estimate of drug-likeness (QED) is 0.250. The molecule has 14 unspecified atom stereocenters. The lowest BCUT2D eigenvalue weighted by Gasteiger charge is -2.67. The Morgan fingerprint density at radius 3 is 2.50 bits per heavy atom. The summed E-state index contributed by atoms with van der Waals surface area (Å²) in [5.74, 6) is -0.818. The number of para-hydroxylation sites is 1. The fourth-order valence-corrected chi connectivity index (χ4v) is 12.2. The molecule has 5 aliphatic carbocycles. The Bertz CT molecular complexity index is 1250. The Morgan fingerprint density at radius 2 is 1.86 bits per heavy atom. The topological polar surface area (TPSA) is 134 Å². The number of likely N-dealkylation sites (N-methyl/N-ethyl adjacent to an activating group) is 1.